The summed E-state index contributed by atoms with van der Waals surface area (Å²) in [4.78, 5) is 17.6. The fourth-order valence-corrected chi connectivity index (χ4v) is 3.24. The fourth-order valence-electron chi connectivity index (χ4n) is 3.24. The molecule has 0 bridgehead atoms. The standard InChI is InChI=1S/C24H29N5O/c1-15-8-7-9-21(12-15)26-24(25-14-22-18(4)28-29(6)19(22)5)27-23(30)20-11-10-16(2)17(3)13-20/h7-13H,14H2,1-6H3,(H2,25,26,27,30). The van der Waals surface area contributed by atoms with Gasteiger partial charge in [0.15, 0.2) is 0 Å². The van der Waals surface area contributed by atoms with Crippen molar-refractivity contribution in [2.24, 2.45) is 12.0 Å². The van der Waals surface area contributed by atoms with Crippen LogP contribution in [0.15, 0.2) is 47.5 Å². The van der Waals surface area contributed by atoms with Gasteiger partial charge in [-0.2, -0.15) is 5.10 Å². The normalized spacial score (nSPS) is 11.5. The van der Waals surface area contributed by atoms with Crippen molar-refractivity contribution in [2.75, 3.05) is 5.32 Å². The Bertz CT molecular complexity index is 1110. The highest BCUT2D eigenvalue weighted by Gasteiger charge is 2.13. The summed E-state index contributed by atoms with van der Waals surface area (Å²) in [6.45, 7) is 10.5. The molecule has 3 rings (SSSR count). The lowest BCUT2D eigenvalue weighted by molar-refractivity contribution is 0.0977. The van der Waals surface area contributed by atoms with Crippen LogP contribution in [0, 0.1) is 34.6 Å². The van der Waals surface area contributed by atoms with E-state index in [9.17, 15) is 4.79 Å². The van der Waals surface area contributed by atoms with Crippen molar-refractivity contribution < 1.29 is 4.79 Å². The first-order valence-electron chi connectivity index (χ1n) is 10.0. The molecule has 156 valence electrons. The first-order valence-corrected chi connectivity index (χ1v) is 10.0. The second-order valence-electron chi connectivity index (χ2n) is 7.69. The van der Waals surface area contributed by atoms with Crippen LogP contribution in [0.25, 0.3) is 0 Å². The maximum atomic E-state index is 12.9. The zero-order chi connectivity index (χ0) is 21.8. The number of amides is 1. The van der Waals surface area contributed by atoms with E-state index in [2.05, 4.69) is 20.7 Å². The molecule has 0 saturated carbocycles. The first-order chi connectivity index (χ1) is 14.2. The number of carbonyl (C=O) groups is 1. The number of nitrogens with zero attached hydrogens (tertiary/aromatic N) is 3. The highest BCUT2D eigenvalue weighted by atomic mass is 16.1. The molecule has 0 atom stereocenters. The molecule has 1 amide bonds. The Morgan fingerprint density at radius 3 is 2.43 bits per heavy atom. The average Bonchev–Trinajstić information content (AvgIpc) is 2.93. The number of carbonyl (C=O) groups excluding carboxylic acids is 1. The number of hydrogen-bond acceptors (Lipinski definition) is 3. The molecule has 0 unspecified atom stereocenters. The van der Waals surface area contributed by atoms with E-state index in [0.717, 1.165) is 39.3 Å². The van der Waals surface area contributed by atoms with Crippen LogP contribution in [0.2, 0.25) is 0 Å². The first kappa shape index (κ1) is 21.3. The maximum Gasteiger partial charge on any atom is 0.257 e. The van der Waals surface area contributed by atoms with Crippen molar-refractivity contribution in [2.45, 2.75) is 41.2 Å². The number of aromatic nitrogens is 2. The van der Waals surface area contributed by atoms with Crippen molar-refractivity contribution >= 4 is 17.6 Å². The van der Waals surface area contributed by atoms with E-state index in [1.165, 1.54) is 0 Å². The van der Waals surface area contributed by atoms with Gasteiger partial charge in [-0.15, -0.1) is 0 Å². The lowest BCUT2D eigenvalue weighted by atomic mass is 10.1. The molecule has 6 nitrogen and oxygen atoms in total. The molecule has 0 spiro atoms. The molecular formula is C24H29N5O. The second-order valence-corrected chi connectivity index (χ2v) is 7.69. The molecular weight excluding hydrogens is 374 g/mol. The molecule has 3 aromatic rings. The number of hydrogen-bond donors (Lipinski definition) is 2. The van der Waals surface area contributed by atoms with Crippen molar-refractivity contribution in [1.82, 2.24) is 15.1 Å². The average molecular weight is 404 g/mol. The van der Waals surface area contributed by atoms with Gasteiger partial charge < -0.3 is 5.32 Å². The number of anilines is 1. The minimum atomic E-state index is -0.198. The summed E-state index contributed by atoms with van der Waals surface area (Å²) >= 11 is 0. The van der Waals surface area contributed by atoms with Crippen LogP contribution in [0.3, 0.4) is 0 Å². The van der Waals surface area contributed by atoms with E-state index in [1.807, 2.05) is 88.8 Å². The monoisotopic (exact) mass is 403 g/mol. The van der Waals surface area contributed by atoms with Gasteiger partial charge in [-0.05, 0) is 75.6 Å². The van der Waals surface area contributed by atoms with Gasteiger partial charge >= 0.3 is 0 Å². The third kappa shape index (κ3) is 4.95. The van der Waals surface area contributed by atoms with E-state index in [-0.39, 0.29) is 5.91 Å². The van der Waals surface area contributed by atoms with Gasteiger partial charge in [-0.1, -0.05) is 18.2 Å². The van der Waals surface area contributed by atoms with Crippen LogP contribution in [0.4, 0.5) is 5.69 Å². The van der Waals surface area contributed by atoms with E-state index < -0.39 is 0 Å². The lowest BCUT2D eigenvalue weighted by Crippen LogP contribution is -2.36. The summed E-state index contributed by atoms with van der Waals surface area (Å²) in [6.07, 6.45) is 0. The summed E-state index contributed by atoms with van der Waals surface area (Å²) in [7, 11) is 1.92. The quantitative estimate of drug-likeness (QED) is 0.502. The fraction of sp³-hybridized carbons (Fsp3) is 0.292. The second kappa shape index (κ2) is 8.95. The Hall–Kier alpha value is -3.41. The SMILES string of the molecule is Cc1cccc(NC(=NCc2c(C)nn(C)c2C)NC(=O)c2ccc(C)c(C)c2)c1. The summed E-state index contributed by atoms with van der Waals surface area (Å²) in [6, 6.07) is 13.6. The third-order valence-electron chi connectivity index (χ3n) is 5.34. The van der Waals surface area contributed by atoms with E-state index in [1.54, 1.807) is 0 Å². The highest BCUT2D eigenvalue weighted by Crippen LogP contribution is 2.15. The molecule has 2 aromatic carbocycles. The van der Waals surface area contributed by atoms with Crippen LogP contribution >= 0.6 is 0 Å². The number of nitrogens with one attached hydrogen (secondary N) is 2. The molecule has 1 aromatic heterocycles. The molecule has 0 aliphatic carbocycles. The molecule has 2 N–H and O–H groups in total. The zero-order valence-electron chi connectivity index (χ0n) is 18.5. The Morgan fingerprint density at radius 1 is 1.03 bits per heavy atom. The van der Waals surface area contributed by atoms with E-state index in [0.29, 0.717) is 18.1 Å². The lowest BCUT2D eigenvalue weighted by Gasteiger charge is -2.13. The van der Waals surface area contributed by atoms with E-state index >= 15 is 0 Å². The van der Waals surface area contributed by atoms with Crippen molar-refractivity contribution in [3.63, 3.8) is 0 Å². The van der Waals surface area contributed by atoms with Gasteiger partial charge in [0.1, 0.15) is 0 Å². The molecule has 30 heavy (non-hydrogen) atoms. The summed E-state index contributed by atoms with van der Waals surface area (Å²) < 4.78 is 1.85. The third-order valence-corrected chi connectivity index (χ3v) is 5.34. The van der Waals surface area contributed by atoms with Crippen LogP contribution in [0.1, 0.15) is 44.0 Å². The molecule has 0 saturated heterocycles. The van der Waals surface area contributed by atoms with Crippen molar-refractivity contribution in [3.8, 4) is 0 Å². The van der Waals surface area contributed by atoms with Gasteiger partial charge in [0.2, 0.25) is 5.96 Å². The maximum absolute atomic E-state index is 12.9. The number of aryl methyl sites for hydroxylation is 5. The minimum absolute atomic E-state index is 0.198. The van der Waals surface area contributed by atoms with Crippen LogP contribution < -0.4 is 10.6 Å². The topological polar surface area (TPSA) is 71.3 Å². The molecule has 0 fully saturated rings. The number of aliphatic imine (C=N–C) groups is 1. The Labute approximate surface area is 178 Å². The molecule has 0 radical (unpaired) electrons. The predicted molar refractivity (Wildman–Crippen MR) is 122 cm³/mol. The zero-order valence-corrected chi connectivity index (χ0v) is 18.5. The smallest absolute Gasteiger partial charge is 0.257 e. The highest BCUT2D eigenvalue weighted by molar-refractivity contribution is 6.10. The molecule has 0 aliphatic rings. The molecule has 1 heterocycles. The Kier molecular flexibility index (Phi) is 6.35. The van der Waals surface area contributed by atoms with Gasteiger partial charge in [-0.25, -0.2) is 4.99 Å². The summed E-state index contributed by atoms with van der Waals surface area (Å²) in [5.74, 6) is 0.211. The number of rotatable bonds is 4. The molecule has 6 heteroatoms. The minimum Gasteiger partial charge on any atom is -0.326 e. The van der Waals surface area contributed by atoms with Gasteiger partial charge in [-0.3, -0.25) is 14.8 Å². The summed E-state index contributed by atoms with van der Waals surface area (Å²) in [5, 5.41) is 10.6. The van der Waals surface area contributed by atoms with Gasteiger partial charge in [0.05, 0.1) is 12.2 Å². The number of guanidine groups is 1. The van der Waals surface area contributed by atoms with Crippen LogP contribution in [-0.2, 0) is 13.6 Å². The van der Waals surface area contributed by atoms with Crippen molar-refractivity contribution in [3.05, 3.63) is 81.7 Å². The van der Waals surface area contributed by atoms with Crippen LogP contribution in [-0.4, -0.2) is 21.6 Å². The Balaban J connectivity index is 1.88. The largest absolute Gasteiger partial charge is 0.326 e. The van der Waals surface area contributed by atoms with E-state index in [4.69, 9.17) is 0 Å². The predicted octanol–water partition coefficient (Wildman–Crippen LogP) is 4.36. The van der Waals surface area contributed by atoms with Gasteiger partial charge in [0.25, 0.3) is 5.91 Å². The van der Waals surface area contributed by atoms with Crippen LogP contribution in [0.5, 0.6) is 0 Å². The van der Waals surface area contributed by atoms with Crippen molar-refractivity contribution in [1.29, 1.82) is 0 Å². The Morgan fingerprint density at radius 2 is 1.80 bits per heavy atom. The van der Waals surface area contributed by atoms with Gasteiger partial charge in [0, 0.05) is 29.6 Å². The number of benzene rings is 2. The molecule has 0 aliphatic heterocycles. The summed E-state index contributed by atoms with van der Waals surface area (Å²) in [5.41, 5.74) is 7.88.